The van der Waals surface area contributed by atoms with Crippen molar-refractivity contribution in [3.05, 3.63) is 29.3 Å². The topological polar surface area (TPSA) is 87.3 Å². The minimum absolute atomic E-state index is 0.151. The van der Waals surface area contributed by atoms with Crippen LogP contribution in [0.15, 0.2) is 18.2 Å². The number of anilines is 1. The molecule has 9 heteroatoms. The van der Waals surface area contributed by atoms with Crippen molar-refractivity contribution >= 4 is 23.5 Å². The van der Waals surface area contributed by atoms with Gasteiger partial charge in [-0.2, -0.15) is 13.2 Å². The van der Waals surface area contributed by atoms with Crippen molar-refractivity contribution in [2.24, 2.45) is 0 Å². The molecule has 104 valence electrons. The van der Waals surface area contributed by atoms with E-state index in [0.717, 1.165) is 12.1 Å². The molecular weight excluding hydrogens is 279 g/mol. The highest BCUT2D eigenvalue weighted by molar-refractivity contribution is 6.27. The lowest BCUT2D eigenvalue weighted by Crippen LogP contribution is -2.50. The zero-order chi connectivity index (χ0) is 14.7. The van der Waals surface area contributed by atoms with E-state index >= 15 is 0 Å². The Morgan fingerprint density at radius 3 is 2.20 bits per heavy atom. The van der Waals surface area contributed by atoms with Gasteiger partial charge in [-0.05, 0) is 12.1 Å². The third kappa shape index (κ3) is 1.37. The number of benzene rings is 1. The van der Waals surface area contributed by atoms with Gasteiger partial charge in [0.15, 0.2) is 0 Å². The number of halogens is 3. The summed E-state index contributed by atoms with van der Waals surface area (Å²) < 4.78 is 39.1. The van der Waals surface area contributed by atoms with Gasteiger partial charge in [0.05, 0.1) is 5.56 Å². The summed E-state index contributed by atoms with van der Waals surface area (Å²) in [6.45, 7) is 0. The van der Waals surface area contributed by atoms with Crippen LogP contribution in [0.2, 0.25) is 0 Å². The van der Waals surface area contributed by atoms with Crippen molar-refractivity contribution in [2.75, 3.05) is 5.32 Å². The molecule has 2 aliphatic rings. The molecule has 2 heterocycles. The fourth-order valence-corrected chi connectivity index (χ4v) is 2.42. The number of carbonyl (C=O) groups excluding carboxylic acids is 3. The molecule has 1 aromatic carbocycles. The Morgan fingerprint density at radius 1 is 1.00 bits per heavy atom. The van der Waals surface area contributed by atoms with Crippen LogP contribution >= 0.6 is 0 Å². The predicted octanol–water partition coefficient (Wildman–Crippen LogP) is 0.692. The maximum atomic E-state index is 13.0. The zero-order valence-electron chi connectivity index (χ0n) is 9.59. The average Bonchev–Trinajstić information content (AvgIpc) is 2.78. The highest BCUT2D eigenvalue weighted by Crippen LogP contribution is 2.45. The minimum atomic E-state index is -4.77. The van der Waals surface area contributed by atoms with Crippen LogP contribution in [0.3, 0.4) is 0 Å². The third-order valence-electron chi connectivity index (χ3n) is 3.20. The fourth-order valence-electron chi connectivity index (χ4n) is 2.42. The van der Waals surface area contributed by atoms with Gasteiger partial charge in [-0.25, -0.2) is 4.79 Å². The highest BCUT2D eigenvalue weighted by atomic mass is 19.4. The van der Waals surface area contributed by atoms with Crippen LogP contribution in [0, 0.1) is 0 Å². The van der Waals surface area contributed by atoms with Crippen LogP contribution in [0.1, 0.15) is 11.1 Å². The maximum Gasteiger partial charge on any atom is 0.416 e. The number of alkyl halides is 3. The number of fused-ring (bicyclic) bond motifs is 2. The Bertz CT molecular complexity index is 671. The molecule has 2 aliphatic heterocycles. The molecule has 0 radical (unpaired) electrons. The number of nitrogens with one attached hydrogen (secondary N) is 3. The summed E-state index contributed by atoms with van der Waals surface area (Å²) in [6.07, 6.45) is -4.77. The normalized spacial score (nSPS) is 24.4. The molecule has 1 unspecified atom stereocenters. The molecule has 1 fully saturated rings. The molecule has 0 saturated carbocycles. The Balaban J connectivity index is 2.32. The van der Waals surface area contributed by atoms with Crippen molar-refractivity contribution in [2.45, 2.75) is 11.7 Å². The lowest BCUT2D eigenvalue weighted by Gasteiger charge is -2.21. The summed E-state index contributed by atoms with van der Waals surface area (Å²) in [4.78, 5) is 35.0. The van der Waals surface area contributed by atoms with Crippen molar-refractivity contribution in [1.29, 1.82) is 0 Å². The van der Waals surface area contributed by atoms with Crippen molar-refractivity contribution in [3.8, 4) is 0 Å². The van der Waals surface area contributed by atoms with Crippen LogP contribution in [-0.2, 0) is 21.3 Å². The van der Waals surface area contributed by atoms with Crippen LogP contribution in [0.4, 0.5) is 23.7 Å². The Kier molecular flexibility index (Phi) is 2.18. The summed E-state index contributed by atoms with van der Waals surface area (Å²) in [5, 5.41) is 5.95. The molecule has 1 spiro atoms. The highest BCUT2D eigenvalue weighted by Gasteiger charge is 2.61. The molecule has 3 rings (SSSR count). The number of imide groups is 1. The van der Waals surface area contributed by atoms with E-state index in [2.05, 4.69) is 5.32 Å². The number of hydrogen-bond donors (Lipinski definition) is 3. The van der Waals surface area contributed by atoms with Gasteiger partial charge in [0, 0.05) is 11.3 Å². The Hall–Kier alpha value is -2.58. The van der Waals surface area contributed by atoms with Crippen LogP contribution < -0.4 is 16.0 Å². The third-order valence-corrected chi connectivity index (χ3v) is 3.20. The number of amides is 4. The van der Waals surface area contributed by atoms with E-state index in [9.17, 15) is 27.6 Å². The molecule has 1 atom stereocenters. The van der Waals surface area contributed by atoms with E-state index < -0.39 is 40.7 Å². The molecule has 0 aromatic heterocycles. The Labute approximate surface area is 109 Å². The number of hydrogen-bond acceptors (Lipinski definition) is 3. The molecular formula is C11H6F3N3O3. The number of urea groups is 1. The lowest BCUT2D eigenvalue weighted by molar-refractivity contribution is -0.140. The molecule has 0 bridgehead atoms. The second kappa shape index (κ2) is 3.50. The van der Waals surface area contributed by atoms with E-state index in [1.807, 2.05) is 5.32 Å². The summed E-state index contributed by atoms with van der Waals surface area (Å²) in [7, 11) is 0. The smallest absolute Gasteiger partial charge is 0.323 e. The van der Waals surface area contributed by atoms with Crippen molar-refractivity contribution < 1.29 is 27.6 Å². The molecule has 20 heavy (non-hydrogen) atoms. The van der Waals surface area contributed by atoms with Crippen LogP contribution in [-0.4, -0.2) is 17.8 Å². The number of rotatable bonds is 0. The first-order chi connectivity index (χ1) is 9.26. The lowest BCUT2D eigenvalue weighted by atomic mass is 9.87. The zero-order valence-corrected chi connectivity index (χ0v) is 9.59. The molecule has 0 aliphatic carbocycles. The fraction of sp³-hybridized carbons (Fsp3) is 0.182. The van der Waals surface area contributed by atoms with E-state index in [-0.39, 0.29) is 5.69 Å². The first-order valence-corrected chi connectivity index (χ1v) is 5.42. The van der Waals surface area contributed by atoms with Gasteiger partial charge in [0.1, 0.15) is 0 Å². The van der Waals surface area contributed by atoms with E-state index in [1.54, 1.807) is 5.32 Å². The molecule has 4 amide bonds. The van der Waals surface area contributed by atoms with E-state index in [4.69, 9.17) is 0 Å². The predicted molar refractivity (Wildman–Crippen MR) is 58.4 cm³/mol. The van der Waals surface area contributed by atoms with Gasteiger partial charge in [-0.15, -0.1) is 0 Å². The van der Waals surface area contributed by atoms with Gasteiger partial charge in [-0.3, -0.25) is 14.9 Å². The van der Waals surface area contributed by atoms with Gasteiger partial charge in [0.25, 0.3) is 11.8 Å². The molecule has 3 N–H and O–H groups in total. The standard InChI is InChI=1S/C11H6F3N3O3/c12-11(13,14)4-2-1-3-5-6(4)10(7(18)15-5)8(19)16-9(20)17-10/h1-3H,(H,15,18)(H2,16,17,19,20). The second-order valence-corrected chi connectivity index (χ2v) is 4.34. The summed E-state index contributed by atoms with van der Waals surface area (Å²) in [5.41, 5.74) is -4.24. The minimum Gasteiger partial charge on any atom is -0.323 e. The summed E-state index contributed by atoms with van der Waals surface area (Å²) >= 11 is 0. The second-order valence-electron chi connectivity index (χ2n) is 4.34. The van der Waals surface area contributed by atoms with Gasteiger partial charge >= 0.3 is 12.2 Å². The van der Waals surface area contributed by atoms with E-state index in [0.29, 0.717) is 0 Å². The van der Waals surface area contributed by atoms with E-state index in [1.165, 1.54) is 6.07 Å². The van der Waals surface area contributed by atoms with Crippen molar-refractivity contribution in [3.63, 3.8) is 0 Å². The van der Waals surface area contributed by atoms with Gasteiger partial charge in [0.2, 0.25) is 5.54 Å². The molecule has 6 nitrogen and oxygen atoms in total. The maximum absolute atomic E-state index is 13.0. The average molecular weight is 285 g/mol. The number of carbonyl (C=O) groups is 3. The first-order valence-electron chi connectivity index (χ1n) is 5.42. The summed E-state index contributed by atoms with van der Waals surface area (Å²) in [5.74, 6) is -2.15. The monoisotopic (exact) mass is 285 g/mol. The van der Waals surface area contributed by atoms with Gasteiger partial charge in [-0.1, -0.05) is 6.07 Å². The van der Waals surface area contributed by atoms with Crippen LogP contribution in [0.5, 0.6) is 0 Å². The first kappa shape index (κ1) is 12.5. The molecule has 1 saturated heterocycles. The largest absolute Gasteiger partial charge is 0.416 e. The summed E-state index contributed by atoms with van der Waals surface area (Å²) in [6, 6.07) is 2.07. The SMILES string of the molecule is O=C1NC(=O)C2(N1)C(=O)Nc1cccc(C(F)(F)F)c12. The quantitative estimate of drug-likeness (QED) is 0.484. The van der Waals surface area contributed by atoms with Crippen molar-refractivity contribution in [1.82, 2.24) is 10.6 Å². The van der Waals surface area contributed by atoms with Crippen LogP contribution in [0.25, 0.3) is 0 Å². The molecule has 1 aromatic rings. The van der Waals surface area contributed by atoms with Gasteiger partial charge < -0.3 is 10.6 Å². The Morgan fingerprint density at radius 2 is 1.65 bits per heavy atom.